The predicted octanol–water partition coefficient (Wildman–Crippen LogP) is 4.65. The molecule has 202 valence electrons. The summed E-state index contributed by atoms with van der Waals surface area (Å²) in [5.41, 5.74) is 1.98. The lowest BCUT2D eigenvalue weighted by atomic mass is 10.0. The molecule has 0 saturated heterocycles. The Hall–Kier alpha value is -3.88. The number of nitrogens with zero attached hydrogens (tertiary/aromatic N) is 2. The molecule has 0 saturated carbocycles. The van der Waals surface area contributed by atoms with Crippen LogP contribution in [0.25, 0.3) is 10.8 Å². The summed E-state index contributed by atoms with van der Waals surface area (Å²) < 4.78 is 27.2. The fourth-order valence-corrected chi connectivity index (χ4v) is 5.65. The number of benzene rings is 4. The van der Waals surface area contributed by atoms with Crippen LogP contribution in [0.15, 0.2) is 97.1 Å². The first kappa shape index (κ1) is 28.1. The minimum Gasteiger partial charge on any atom is -0.357 e. The Balaban J connectivity index is 1.77. The fraction of sp³-hybridized carbons (Fsp3) is 0.200. The number of fused-ring (bicyclic) bond motifs is 1. The van der Waals surface area contributed by atoms with E-state index in [4.69, 9.17) is 11.6 Å². The van der Waals surface area contributed by atoms with Gasteiger partial charge in [0.15, 0.2) is 0 Å². The molecule has 1 N–H and O–H groups in total. The maximum atomic E-state index is 14.1. The zero-order chi connectivity index (χ0) is 28.0. The van der Waals surface area contributed by atoms with E-state index in [2.05, 4.69) is 5.32 Å². The minimum atomic E-state index is -3.86. The molecule has 4 aromatic rings. The van der Waals surface area contributed by atoms with E-state index in [-0.39, 0.29) is 18.9 Å². The summed E-state index contributed by atoms with van der Waals surface area (Å²) in [6.07, 6.45) is 1.32. The van der Waals surface area contributed by atoms with Gasteiger partial charge in [-0.1, -0.05) is 90.5 Å². The summed E-state index contributed by atoms with van der Waals surface area (Å²) >= 11 is 6.22. The Morgan fingerprint density at radius 1 is 0.872 bits per heavy atom. The van der Waals surface area contributed by atoms with Crippen molar-refractivity contribution >= 4 is 49.9 Å². The third-order valence-electron chi connectivity index (χ3n) is 6.47. The summed E-state index contributed by atoms with van der Waals surface area (Å²) in [5.74, 6) is -0.872. The first-order valence-electron chi connectivity index (χ1n) is 12.4. The van der Waals surface area contributed by atoms with Crippen molar-refractivity contribution in [1.29, 1.82) is 0 Å². The minimum absolute atomic E-state index is 0.0669. The van der Waals surface area contributed by atoms with Crippen molar-refractivity contribution in [2.75, 3.05) is 24.2 Å². The third kappa shape index (κ3) is 6.96. The van der Waals surface area contributed by atoms with Gasteiger partial charge in [-0.3, -0.25) is 13.9 Å². The lowest BCUT2D eigenvalue weighted by Gasteiger charge is -2.33. The first-order chi connectivity index (χ1) is 18.7. The molecular formula is C30H30ClN3O4S. The van der Waals surface area contributed by atoms with E-state index in [9.17, 15) is 18.0 Å². The molecule has 0 spiro atoms. The summed E-state index contributed by atoms with van der Waals surface area (Å²) in [5, 5.41) is 4.71. The van der Waals surface area contributed by atoms with Crippen LogP contribution in [0.2, 0.25) is 5.02 Å². The maximum Gasteiger partial charge on any atom is 0.244 e. The summed E-state index contributed by atoms with van der Waals surface area (Å²) in [6, 6.07) is 28.2. The van der Waals surface area contributed by atoms with Crippen molar-refractivity contribution in [3.8, 4) is 0 Å². The first-order valence-corrected chi connectivity index (χ1v) is 14.6. The van der Waals surface area contributed by atoms with Gasteiger partial charge in [0.05, 0.1) is 11.9 Å². The van der Waals surface area contributed by atoms with Crippen LogP contribution in [0.1, 0.15) is 11.1 Å². The summed E-state index contributed by atoms with van der Waals surface area (Å²) in [4.78, 5) is 28.7. The van der Waals surface area contributed by atoms with E-state index in [0.717, 1.165) is 21.5 Å². The smallest absolute Gasteiger partial charge is 0.244 e. The molecule has 0 bridgehead atoms. The lowest BCUT2D eigenvalue weighted by molar-refractivity contribution is -0.139. The van der Waals surface area contributed by atoms with Gasteiger partial charge in [0.25, 0.3) is 0 Å². The van der Waals surface area contributed by atoms with Crippen LogP contribution in [0.5, 0.6) is 0 Å². The zero-order valence-corrected chi connectivity index (χ0v) is 23.3. The van der Waals surface area contributed by atoms with E-state index < -0.39 is 28.5 Å². The number of sulfonamides is 1. The number of rotatable bonds is 10. The number of amides is 2. The molecule has 0 aliphatic carbocycles. The molecule has 1 atom stereocenters. The Bertz CT molecular complexity index is 1570. The van der Waals surface area contributed by atoms with Crippen LogP contribution < -0.4 is 9.62 Å². The Labute approximate surface area is 234 Å². The standard InChI is InChI=1S/C30H30ClN3O4S/c1-32-30(36)28(19-22-10-4-3-5-11-22)33(20-23-12-8-15-25(31)18-23)29(35)21-34(39(2,37)38)27-17-9-14-24-13-6-7-16-26(24)27/h3-18,28H,19-21H2,1-2H3,(H,32,36)/t28-/m1/s1. The van der Waals surface area contributed by atoms with Crippen molar-refractivity contribution in [3.63, 3.8) is 0 Å². The molecule has 4 rings (SSSR count). The monoisotopic (exact) mass is 563 g/mol. The highest BCUT2D eigenvalue weighted by atomic mass is 35.5. The molecule has 7 nitrogen and oxygen atoms in total. The molecule has 39 heavy (non-hydrogen) atoms. The summed E-state index contributed by atoms with van der Waals surface area (Å²) in [6.45, 7) is -0.410. The van der Waals surface area contributed by atoms with Crippen LogP contribution in [0.4, 0.5) is 5.69 Å². The highest BCUT2D eigenvalue weighted by Gasteiger charge is 2.33. The van der Waals surface area contributed by atoms with Gasteiger partial charge in [-0.05, 0) is 34.7 Å². The van der Waals surface area contributed by atoms with Gasteiger partial charge < -0.3 is 10.2 Å². The second kappa shape index (κ2) is 12.3. The second-order valence-electron chi connectivity index (χ2n) is 9.24. The molecule has 0 aliphatic heterocycles. The van der Waals surface area contributed by atoms with Gasteiger partial charge in [0.2, 0.25) is 21.8 Å². The number of carbonyl (C=O) groups excluding carboxylic acids is 2. The molecule has 4 aromatic carbocycles. The highest BCUT2D eigenvalue weighted by Crippen LogP contribution is 2.29. The molecule has 9 heteroatoms. The van der Waals surface area contributed by atoms with Gasteiger partial charge in [0, 0.05) is 30.4 Å². The van der Waals surface area contributed by atoms with Gasteiger partial charge in [-0.25, -0.2) is 8.42 Å². The quantitative estimate of drug-likeness (QED) is 0.304. The number of nitrogens with one attached hydrogen (secondary N) is 1. The SMILES string of the molecule is CNC(=O)[C@@H](Cc1ccccc1)N(Cc1cccc(Cl)c1)C(=O)CN(c1cccc2ccccc12)S(C)(=O)=O. The van der Waals surface area contributed by atoms with Crippen LogP contribution in [0, 0.1) is 0 Å². The van der Waals surface area contributed by atoms with Gasteiger partial charge in [0.1, 0.15) is 12.6 Å². The molecule has 0 fully saturated rings. The van der Waals surface area contributed by atoms with E-state index in [0.29, 0.717) is 21.7 Å². The predicted molar refractivity (Wildman–Crippen MR) is 156 cm³/mol. The van der Waals surface area contributed by atoms with E-state index >= 15 is 0 Å². The largest absolute Gasteiger partial charge is 0.357 e. The van der Waals surface area contributed by atoms with Gasteiger partial charge in [-0.2, -0.15) is 0 Å². The number of likely N-dealkylation sites (N-methyl/N-ethyl adjacent to an activating group) is 1. The number of anilines is 1. The fourth-order valence-electron chi connectivity index (χ4n) is 4.57. The molecule has 2 amide bonds. The zero-order valence-electron chi connectivity index (χ0n) is 21.7. The van der Waals surface area contributed by atoms with Gasteiger partial charge in [-0.15, -0.1) is 0 Å². The second-order valence-corrected chi connectivity index (χ2v) is 11.6. The number of halogens is 1. The average molecular weight is 564 g/mol. The molecule has 0 aromatic heterocycles. The van der Waals surface area contributed by atoms with Crippen LogP contribution >= 0.6 is 11.6 Å². The molecule has 0 radical (unpaired) electrons. The van der Waals surface area contributed by atoms with Crippen molar-refractivity contribution in [1.82, 2.24) is 10.2 Å². The highest BCUT2D eigenvalue weighted by molar-refractivity contribution is 7.92. The Morgan fingerprint density at radius 3 is 2.21 bits per heavy atom. The number of hydrogen-bond donors (Lipinski definition) is 1. The summed E-state index contributed by atoms with van der Waals surface area (Å²) in [7, 11) is -2.35. The van der Waals surface area contributed by atoms with E-state index in [1.54, 1.807) is 30.3 Å². The molecule has 0 heterocycles. The van der Waals surface area contributed by atoms with Crippen LogP contribution in [0.3, 0.4) is 0 Å². The third-order valence-corrected chi connectivity index (χ3v) is 7.84. The van der Waals surface area contributed by atoms with Gasteiger partial charge >= 0.3 is 0 Å². The number of carbonyl (C=O) groups is 2. The Kier molecular flexibility index (Phi) is 8.89. The van der Waals surface area contributed by atoms with Crippen molar-refractivity contribution in [3.05, 3.63) is 113 Å². The topological polar surface area (TPSA) is 86.8 Å². The normalized spacial score (nSPS) is 12.1. The van der Waals surface area contributed by atoms with Crippen molar-refractivity contribution in [2.24, 2.45) is 0 Å². The van der Waals surface area contributed by atoms with E-state index in [1.165, 1.54) is 11.9 Å². The molecular weight excluding hydrogens is 534 g/mol. The van der Waals surface area contributed by atoms with Crippen LogP contribution in [-0.4, -0.2) is 51.0 Å². The average Bonchev–Trinajstić information content (AvgIpc) is 2.93. The Morgan fingerprint density at radius 2 is 1.51 bits per heavy atom. The number of hydrogen-bond acceptors (Lipinski definition) is 4. The van der Waals surface area contributed by atoms with Crippen LogP contribution in [-0.2, 0) is 32.6 Å². The maximum absolute atomic E-state index is 14.1. The lowest BCUT2D eigenvalue weighted by Crippen LogP contribution is -2.52. The molecule has 0 aliphatic rings. The van der Waals surface area contributed by atoms with Crippen molar-refractivity contribution in [2.45, 2.75) is 19.0 Å². The van der Waals surface area contributed by atoms with E-state index in [1.807, 2.05) is 66.7 Å². The molecule has 0 unspecified atom stereocenters. The van der Waals surface area contributed by atoms with Crippen molar-refractivity contribution < 1.29 is 18.0 Å².